The van der Waals surface area contributed by atoms with Crippen molar-refractivity contribution in [2.75, 3.05) is 6.73 Å². The SMILES string of the molecule is NCOC(=O)C(Cl)c1cccc2c3nc4nc(nc5[nH]c(nc6nc(nc([nH]3)c12)-c1ccccc1-6)c1ccccc51)-c1ccccc1-4. The third-order valence-electron chi connectivity index (χ3n) is 8.32. The van der Waals surface area contributed by atoms with Crippen LogP contribution in [0.3, 0.4) is 0 Å². The van der Waals surface area contributed by atoms with Crippen molar-refractivity contribution in [1.29, 1.82) is 0 Å². The van der Waals surface area contributed by atoms with E-state index < -0.39 is 11.3 Å². The van der Waals surface area contributed by atoms with Crippen LogP contribution in [-0.2, 0) is 9.53 Å². The third-order valence-corrected chi connectivity index (χ3v) is 8.73. The molecular formula is C35H22ClN9O2. The maximum absolute atomic E-state index is 12.8. The summed E-state index contributed by atoms with van der Waals surface area (Å²) in [4.78, 5) is 49.5. The first kappa shape index (κ1) is 27.3. The standard InChI is InChI=1S/C35H22ClN9O2/c36-26(35(46)47-16-37)23-14-7-15-24-25(23)34-44-32-22-13-6-5-12-21(22)30(42-32)40-28-18-9-2-1-8-17(18)27(38-28)39-29-19-10-3-4-11-20(19)31(41-29)43-33(24)45-34/h1-15,26H,16,37H2,(H2,38,39,40,41,42,43,44,45). The highest BCUT2D eigenvalue weighted by Gasteiger charge is 2.26. The quantitative estimate of drug-likeness (QED) is 0.110. The van der Waals surface area contributed by atoms with Gasteiger partial charge in [0.1, 0.15) is 29.3 Å². The summed E-state index contributed by atoms with van der Waals surface area (Å²) in [6.07, 6.45) is 0. The lowest BCUT2D eigenvalue weighted by Gasteiger charge is -2.10. The van der Waals surface area contributed by atoms with E-state index in [-0.39, 0.29) is 6.73 Å². The Morgan fingerprint density at radius 2 is 1.02 bits per heavy atom. The largest absolute Gasteiger partial charge is 0.449 e. The van der Waals surface area contributed by atoms with Crippen molar-refractivity contribution in [1.82, 2.24) is 39.9 Å². The fourth-order valence-electron chi connectivity index (χ4n) is 6.21. The highest BCUT2D eigenvalue weighted by Crippen LogP contribution is 2.38. The van der Waals surface area contributed by atoms with Crippen molar-refractivity contribution in [3.63, 3.8) is 0 Å². The number of aromatic nitrogens is 8. The molecule has 47 heavy (non-hydrogen) atoms. The number of carbonyl (C=O) groups excluding carboxylic acids is 1. The molecule has 11 nitrogen and oxygen atoms in total. The second kappa shape index (κ2) is 10.5. The molecule has 226 valence electrons. The fraction of sp³-hybridized carbons (Fsp3) is 0.0571. The van der Waals surface area contributed by atoms with Gasteiger partial charge in [0, 0.05) is 43.8 Å². The number of nitrogens with one attached hydrogen (secondary N) is 2. The highest BCUT2D eigenvalue weighted by molar-refractivity contribution is 6.31. The van der Waals surface area contributed by atoms with Gasteiger partial charge in [-0.05, 0) is 5.56 Å². The van der Waals surface area contributed by atoms with E-state index in [1.54, 1.807) is 12.1 Å². The average molecular weight is 636 g/mol. The minimum atomic E-state index is -1.15. The highest BCUT2D eigenvalue weighted by atomic mass is 35.5. The Hall–Kier alpha value is -6.04. The van der Waals surface area contributed by atoms with E-state index in [1.165, 1.54) is 0 Å². The number of alkyl halides is 1. The number of carbonyl (C=O) groups is 1. The Morgan fingerprint density at radius 1 is 0.596 bits per heavy atom. The number of rotatable bonds is 3. The van der Waals surface area contributed by atoms with Gasteiger partial charge in [0.05, 0.1) is 0 Å². The predicted molar refractivity (Wildman–Crippen MR) is 180 cm³/mol. The topological polar surface area (TPSA) is 161 Å². The number of benzene rings is 4. The van der Waals surface area contributed by atoms with Gasteiger partial charge in [-0.1, -0.05) is 91.0 Å². The summed E-state index contributed by atoms with van der Waals surface area (Å²) in [5, 5.41) is 1.92. The fourth-order valence-corrected chi connectivity index (χ4v) is 6.46. The predicted octanol–water partition coefficient (Wildman–Crippen LogP) is 6.61. The Kier molecular flexibility index (Phi) is 6.10. The van der Waals surface area contributed by atoms with E-state index >= 15 is 0 Å². The van der Waals surface area contributed by atoms with Gasteiger partial charge in [-0.3, -0.25) is 10.5 Å². The molecule has 4 aromatic carbocycles. The van der Waals surface area contributed by atoms with Crippen LogP contribution in [0.15, 0.2) is 91.0 Å². The Balaban J connectivity index is 1.47. The van der Waals surface area contributed by atoms with Crippen LogP contribution in [0.1, 0.15) is 10.9 Å². The molecule has 2 aliphatic heterocycles. The summed E-state index contributed by atoms with van der Waals surface area (Å²) in [5.74, 6) is 1.24. The van der Waals surface area contributed by atoms with Gasteiger partial charge in [0.2, 0.25) is 0 Å². The first-order valence-corrected chi connectivity index (χ1v) is 15.2. The molecular weight excluding hydrogens is 614 g/mol. The summed E-state index contributed by atoms with van der Waals surface area (Å²) in [7, 11) is 0. The van der Waals surface area contributed by atoms with E-state index in [2.05, 4.69) is 9.97 Å². The maximum atomic E-state index is 12.8. The Morgan fingerprint density at radius 3 is 1.53 bits per heavy atom. The number of hydrogen-bond donors (Lipinski definition) is 3. The first-order valence-electron chi connectivity index (χ1n) is 14.8. The summed E-state index contributed by atoms with van der Waals surface area (Å²) in [6.45, 7) is -0.292. The van der Waals surface area contributed by atoms with Crippen LogP contribution >= 0.6 is 11.6 Å². The van der Waals surface area contributed by atoms with Crippen molar-refractivity contribution >= 4 is 61.7 Å². The zero-order valence-corrected chi connectivity index (χ0v) is 25.2. The number of nitrogens with zero attached hydrogens (tertiary/aromatic N) is 6. The number of ether oxygens (including phenoxy) is 1. The molecule has 0 radical (unpaired) electrons. The van der Waals surface area contributed by atoms with Crippen LogP contribution in [0.25, 0.3) is 89.7 Å². The molecule has 0 fully saturated rings. The third kappa shape index (κ3) is 4.28. The molecule has 0 saturated carbocycles. The second-order valence-electron chi connectivity index (χ2n) is 11.0. The molecule has 1 unspecified atom stereocenters. The average Bonchev–Trinajstić information content (AvgIpc) is 3.84. The number of H-pyrrole nitrogens is 2. The Bertz CT molecular complexity index is 2610. The molecule has 8 bridgehead atoms. The number of halogens is 1. The van der Waals surface area contributed by atoms with Crippen LogP contribution in [0, 0.1) is 0 Å². The summed E-state index contributed by atoms with van der Waals surface area (Å²) in [6, 6.07) is 29.0. The molecule has 0 spiro atoms. The van der Waals surface area contributed by atoms with Crippen molar-refractivity contribution in [3.05, 3.63) is 96.6 Å². The smallest absolute Gasteiger partial charge is 0.329 e. The van der Waals surface area contributed by atoms with Crippen molar-refractivity contribution in [2.45, 2.75) is 5.38 Å². The van der Waals surface area contributed by atoms with Crippen molar-refractivity contribution in [3.8, 4) is 45.6 Å². The van der Waals surface area contributed by atoms with Gasteiger partial charge in [-0.25, -0.2) is 29.9 Å². The van der Waals surface area contributed by atoms with E-state index in [0.717, 1.165) is 33.0 Å². The summed E-state index contributed by atoms with van der Waals surface area (Å²) >= 11 is 6.70. The van der Waals surface area contributed by atoms with E-state index in [0.29, 0.717) is 62.2 Å². The molecule has 12 heteroatoms. The second-order valence-corrected chi connectivity index (χ2v) is 11.4. The number of hydrogen-bond acceptors (Lipinski definition) is 9. The number of esters is 1. The lowest BCUT2D eigenvalue weighted by Crippen LogP contribution is -2.16. The minimum Gasteiger partial charge on any atom is -0.449 e. The van der Waals surface area contributed by atoms with E-state index in [9.17, 15) is 4.79 Å². The van der Waals surface area contributed by atoms with E-state index in [4.69, 9.17) is 52.0 Å². The van der Waals surface area contributed by atoms with Crippen LogP contribution in [-0.4, -0.2) is 52.6 Å². The number of aromatic amines is 2. The maximum Gasteiger partial charge on any atom is 0.329 e. The molecule has 0 saturated heterocycles. The molecule has 7 aromatic rings. The zero-order chi connectivity index (χ0) is 31.6. The monoisotopic (exact) mass is 635 g/mol. The molecule has 0 aliphatic carbocycles. The normalized spacial score (nSPS) is 12.6. The first-order chi connectivity index (χ1) is 23.1. The minimum absolute atomic E-state index is 0.292. The van der Waals surface area contributed by atoms with Crippen molar-refractivity contribution in [2.24, 2.45) is 5.73 Å². The summed E-state index contributed by atoms with van der Waals surface area (Å²) < 4.78 is 5.06. The van der Waals surface area contributed by atoms with Gasteiger partial charge in [0.25, 0.3) is 0 Å². The molecule has 3 aromatic heterocycles. The lowest BCUT2D eigenvalue weighted by molar-refractivity contribution is -0.143. The van der Waals surface area contributed by atoms with Gasteiger partial charge in [-0.2, -0.15) is 0 Å². The van der Waals surface area contributed by atoms with Crippen LogP contribution in [0.5, 0.6) is 0 Å². The van der Waals surface area contributed by atoms with Gasteiger partial charge in [-0.15, -0.1) is 11.6 Å². The van der Waals surface area contributed by atoms with E-state index in [1.807, 2.05) is 78.9 Å². The van der Waals surface area contributed by atoms with Gasteiger partial charge in [0.15, 0.2) is 28.7 Å². The molecule has 2 aliphatic rings. The van der Waals surface area contributed by atoms with Crippen LogP contribution in [0.4, 0.5) is 0 Å². The molecule has 5 heterocycles. The van der Waals surface area contributed by atoms with Gasteiger partial charge < -0.3 is 14.7 Å². The molecule has 0 amide bonds. The van der Waals surface area contributed by atoms with Crippen molar-refractivity contribution < 1.29 is 9.53 Å². The zero-order valence-electron chi connectivity index (χ0n) is 24.4. The van der Waals surface area contributed by atoms with Crippen LogP contribution in [0.2, 0.25) is 0 Å². The Labute approximate surface area is 270 Å². The molecule has 1 atom stereocenters. The van der Waals surface area contributed by atoms with Gasteiger partial charge >= 0.3 is 5.97 Å². The molecule has 4 N–H and O–H groups in total. The van der Waals surface area contributed by atoms with Crippen LogP contribution < -0.4 is 5.73 Å². The number of nitrogens with two attached hydrogens (primary N) is 1. The number of fused-ring (bicyclic) bond motifs is 20. The molecule has 9 rings (SSSR count). The lowest BCUT2D eigenvalue weighted by atomic mass is 10.0. The summed E-state index contributed by atoms with van der Waals surface area (Å²) in [5.41, 5.74) is 11.4.